The van der Waals surface area contributed by atoms with Crippen LogP contribution in [0.1, 0.15) is 18.9 Å². The van der Waals surface area contributed by atoms with Crippen molar-refractivity contribution in [1.29, 1.82) is 5.26 Å². The minimum absolute atomic E-state index is 0.0442. The van der Waals surface area contributed by atoms with E-state index in [1.165, 1.54) is 6.07 Å². The van der Waals surface area contributed by atoms with Crippen LogP contribution in [-0.2, 0) is 4.79 Å². The second-order valence-corrected chi connectivity index (χ2v) is 7.81. The number of fused-ring (bicyclic) bond motifs is 1. The molecule has 6 nitrogen and oxygen atoms in total. The first-order chi connectivity index (χ1) is 15.9. The lowest BCUT2D eigenvalue weighted by molar-refractivity contribution is -0.118. The SMILES string of the molecule is CCC(Nc1c(C#N)c(-c2ccc(-c3cccc(Cl)c3F)cc2)nc2cnccc12)C(N)=O. The van der Waals surface area contributed by atoms with E-state index in [2.05, 4.69) is 21.4 Å². The molecule has 0 aliphatic heterocycles. The third kappa shape index (κ3) is 4.21. The Kier molecular flexibility index (Phi) is 6.20. The molecule has 0 bridgehead atoms. The van der Waals surface area contributed by atoms with E-state index < -0.39 is 17.8 Å². The molecule has 3 N–H and O–H groups in total. The van der Waals surface area contributed by atoms with E-state index in [1.54, 1.807) is 54.9 Å². The summed E-state index contributed by atoms with van der Waals surface area (Å²) in [4.78, 5) is 20.6. The van der Waals surface area contributed by atoms with E-state index in [0.717, 1.165) is 0 Å². The van der Waals surface area contributed by atoms with Crippen molar-refractivity contribution < 1.29 is 9.18 Å². The maximum atomic E-state index is 14.4. The molecular formula is C25H19ClFN5O. The molecule has 0 spiro atoms. The minimum Gasteiger partial charge on any atom is -0.372 e. The number of anilines is 1. The number of nitriles is 1. The van der Waals surface area contributed by atoms with Crippen molar-refractivity contribution in [2.75, 3.05) is 5.32 Å². The predicted octanol–water partition coefficient (Wildman–Crippen LogP) is 5.30. The summed E-state index contributed by atoms with van der Waals surface area (Å²) in [6.07, 6.45) is 3.63. The molecule has 1 amide bonds. The Morgan fingerprint density at radius 1 is 1.21 bits per heavy atom. The Morgan fingerprint density at radius 3 is 2.61 bits per heavy atom. The molecule has 0 aliphatic carbocycles. The van der Waals surface area contributed by atoms with E-state index in [0.29, 0.717) is 45.4 Å². The van der Waals surface area contributed by atoms with Crippen molar-refractivity contribution in [3.63, 3.8) is 0 Å². The monoisotopic (exact) mass is 459 g/mol. The van der Waals surface area contributed by atoms with Gasteiger partial charge >= 0.3 is 0 Å². The molecule has 2 aromatic carbocycles. The number of benzene rings is 2. The second-order valence-electron chi connectivity index (χ2n) is 7.40. The molecule has 164 valence electrons. The van der Waals surface area contributed by atoms with Gasteiger partial charge in [0.25, 0.3) is 0 Å². The number of nitrogens with two attached hydrogens (primary N) is 1. The van der Waals surface area contributed by atoms with Crippen molar-refractivity contribution in [2.24, 2.45) is 5.73 Å². The Labute approximate surface area is 194 Å². The fourth-order valence-electron chi connectivity index (χ4n) is 3.67. The third-order valence-electron chi connectivity index (χ3n) is 5.39. The Hall–Kier alpha value is -4.02. The summed E-state index contributed by atoms with van der Waals surface area (Å²) >= 11 is 5.91. The zero-order valence-corrected chi connectivity index (χ0v) is 18.4. The van der Waals surface area contributed by atoms with Gasteiger partial charge in [-0.25, -0.2) is 9.37 Å². The number of primary amides is 1. The first-order valence-corrected chi connectivity index (χ1v) is 10.6. The highest BCUT2D eigenvalue weighted by atomic mass is 35.5. The highest BCUT2D eigenvalue weighted by Crippen LogP contribution is 2.35. The highest BCUT2D eigenvalue weighted by Gasteiger charge is 2.21. The van der Waals surface area contributed by atoms with Gasteiger partial charge in [0.15, 0.2) is 0 Å². The minimum atomic E-state index is -0.656. The van der Waals surface area contributed by atoms with E-state index in [4.69, 9.17) is 17.3 Å². The van der Waals surface area contributed by atoms with Crippen LogP contribution in [0, 0.1) is 17.1 Å². The Morgan fingerprint density at radius 2 is 1.94 bits per heavy atom. The molecule has 2 aromatic heterocycles. The van der Waals surface area contributed by atoms with Crippen molar-refractivity contribution >= 4 is 34.1 Å². The number of nitrogens with zero attached hydrogens (tertiary/aromatic N) is 3. The maximum Gasteiger partial charge on any atom is 0.239 e. The maximum absolute atomic E-state index is 14.4. The van der Waals surface area contributed by atoms with Gasteiger partial charge in [0.05, 0.1) is 28.1 Å². The second kappa shape index (κ2) is 9.23. The van der Waals surface area contributed by atoms with Crippen LogP contribution in [-0.4, -0.2) is 21.9 Å². The van der Waals surface area contributed by atoms with Crippen molar-refractivity contribution in [3.05, 3.63) is 77.3 Å². The normalized spacial score (nSPS) is 11.7. The molecule has 2 heterocycles. The van der Waals surface area contributed by atoms with E-state index in [-0.39, 0.29) is 10.6 Å². The van der Waals surface area contributed by atoms with Gasteiger partial charge < -0.3 is 11.1 Å². The number of hydrogen-bond acceptors (Lipinski definition) is 5. The lowest BCUT2D eigenvalue weighted by atomic mass is 9.98. The van der Waals surface area contributed by atoms with Gasteiger partial charge in [0, 0.05) is 22.7 Å². The Bertz CT molecular complexity index is 1400. The van der Waals surface area contributed by atoms with Crippen molar-refractivity contribution in [2.45, 2.75) is 19.4 Å². The fraction of sp³-hybridized carbons (Fsp3) is 0.120. The van der Waals surface area contributed by atoms with Crippen LogP contribution in [0.4, 0.5) is 10.1 Å². The zero-order valence-electron chi connectivity index (χ0n) is 17.6. The van der Waals surface area contributed by atoms with Crippen LogP contribution in [0.2, 0.25) is 5.02 Å². The van der Waals surface area contributed by atoms with Gasteiger partial charge in [0.2, 0.25) is 5.91 Å². The number of carbonyl (C=O) groups excluding carboxylic acids is 1. The first kappa shape index (κ1) is 22.2. The predicted molar refractivity (Wildman–Crippen MR) is 127 cm³/mol. The van der Waals surface area contributed by atoms with Crippen LogP contribution in [0.25, 0.3) is 33.3 Å². The van der Waals surface area contributed by atoms with Crippen LogP contribution in [0.3, 0.4) is 0 Å². The number of hydrogen-bond donors (Lipinski definition) is 2. The van der Waals surface area contributed by atoms with Crippen molar-refractivity contribution in [3.8, 4) is 28.5 Å². The summed E-state index contributed by atoms with van der Waals surface area (Å²) in [5.41, 5.74) is 8.90. The largest absolute Gasteiger partial charge is 0.372 e. The number of amides is 1. The van der Waals surface area contributed by atoms with Gasteiger partial charge in [-0.05, 0) is 24.1 Å². The average molecular weight is 460 g/mol. The smallest absolute Gasteiger partial charge is 0.239 e. The standard InChI is InChI=1S/C25H19ClFN5O/c1-2-20(25(29)33)31-24-17-10-11-30-13-21(17)32-23(18(24)12-28)15-8-6-14(7-9-15)16-4-3-5-19(26)22(16)27/h3-11,13,20H,2H2,1H3,(H2,29,33)(H,31,32). The van der Waals surface area contributed by atoms with Gasteiger partial charge in [-0.1, -0.05) is 54.9 Å². The lowest BCUT2D eigenvalue weighted by Crippen LogP contribution is -2.35. The number of rotatable bonds is 6. The zero-order chi connectivity index (χ0) is 23.5. The van der Waals surface area contributed by atoms with Crippen LogP contribution in [0.15, 0.2) is 60.9 Å². The molecule has 1 atom stereocenters. The summed E-state index contributed by atoms with van der Waals surface area (Å²) in [5.74, 6) is -1.02. The third-order valence-corrected chi connectivity index (χ3v) is 5.68. The molecule has 33 heavy (non-hydrogen) atoms. The first-order valence-electron chi connectivity index (χ1n) is 10.2. The van der Waals surface area contributed by atoms with Gasteiger partial charge in [-0.2, -0.15) is 5.26 Å². The number of carbonyl (C=O) groups is 1. The summed E-state index contributed by atoms with van der Waals surface area (Å²) in [5, 5.41) is 13.8. The fourth-order valence-corrected chi connectivity index (χ4v) is 3.84. The molecule has 0 saturated carbocycles. The molecule has 1 unspecified atom stereocenters. The van der Waals surface area contributed by atoms with Crippen LogP contribution in [0.5, 0.6) is 0 Å². The highest BCUT2D eigenvalue weighted by molar-refractivity contribution is 6.31. The Balaban J connectivity index is 1.86. The van der Waals surface area contributed by atoms with E-state index in [1.807, 2.05) is 6.92 Å². The number of pyridine rings is 2. The molecule has 0 saturated heterocycles. The van der Waals surface area contributed by atoms with Crippen LogP contribution >= 0.6 is 11.6 Å². The van der Waals surface area contributed by atoms with Gasteiger partial charge in [-0.3, -0.25) is 9.78 Å². The molecule has 4 rings (SSSR count). The summed E-state index contributed by atoms with van der Waals surface area (Å²) in [6.45, 7) is 1.83. The van der Waals surface area contributed by atoms with Crippen LogP contribution < -0.4 is 11.1 Å². The molecular weight excluding hydrogens is 441 g/mol. The number of halogens is 2. The summed E-state index contributed by atoms with van der Waals surface area (Å²) in [7, 11) is 0. The van der Waals surface area contributed by atoms with Crippen molar-refractivity contribution in [1.82, 2.24) is 9.97 Å². The molecule has 8 heteroatoms. The number of aromatic nitrogens is 2. The molecule has 0 radical (unpaired) electrons. The van der Waals surface area contributed by atoms with E-state index in [9.17, 15) is 14.4 Å². The van der Waals surface area contributed by atoms with Gasteiger partial charge in [0.1, 0.15) is 23.5 Å². The molecule has 4 aromatic rings. The summed E-state index contributed by atoms with van der Waals surface area (Å²) < 4.78 is 14.4. The molecule has 0 fully saturated rings. The van der Waals surface area contributed by atoms with E-state index >= 15 is 0 Å². The quantitative estimate of drug-likeness (QED) is 0.407. The number of nitrogens with one attached hydrogen (secondary N) is 1. The topological polar surface area (TPSA) is 105 Å². The van der Waals surface area contributed by atoms with Gasteiger partial charge in [-0.15, -0.1) is 0 Å². The average Bonchev–Trinajstić information content (AvgIpc) is 2.83. The molecule has 0 aliphatic rings. The summed E-state index contributed by atoms with van der Waals surface area (Å²) in [6, 6.07) is 15.1. The lowest BCUT2D eigenvalue weighted by Gasteiger charge is -2.19.